The Bertz CT molecular complexity index is 514. The van der Waals surface area contributed by atoms with Crippen molar-refractivity contribution in [2.24, 2.45) is 0 Å². The van der Waals surface area contributed by atoms with Crippen molar-refractivity contribution in [2.45, 2.75) is 13.5 Å². The van der Waals surface area contributed by atoms with Gasteiger partial charge >= 0.3 is 0 Å². The van der Waals surface area contributed by atoms with Crippen LogP contribution in [0.3, 0.4) is 0 Å². The van der Waals surface area contributed by atoms with E-state index in [1.807, 2.05) is 0 Å². The number of halogens is 2. The zero-order chi connectivity index (χ0) is 12.3. The molecule has 0 aliphatic carbocycles. The molecule has 5 heteroatoms. The molecule has 0 saturated heterocycles. The molecule has 0 amide bonds. The Morgan fingerprint density at radius 3 is 2.65 bits per heavy atom. The highest BCUT2D eigenvalue weighted by molar-refractivity contribution is 9.10. The summed E-state index contributed by atoms with van der Waals surface area (Å²) in [5, 5.41) is 3.62. The van der Waals surface area contributed by atoms with Gasteiger partial charge in [0.15, 0.2) is 0 Å². The number of rotatable bonds is 3. The number of aryl methyl sites for hydroxylation is 1. The van der Waals surface area contributed by atoms with E-state index in [0.29, 0.717) is 22.0 Å². The van der Waals surface area contributed by atoms with Crippen LogP contribution in [0.1, 0.15) is 11.1 Å². The average molecular weight is 313 g/mol. The van der Waals surface area contributed by atoms with Crippen LogP contribution in [0.15, 0.2) is 35.1 Å². The fraction of sp³-hybridized carbons (Fsp3) is 0.167. The quantitative estimate of drug-likeness (QED) is 0.876. The third-order valence-electron chi connectivity index (χ3n) is 2.33. The molecular weight excluding hydrogens is 302 g/mol. The first-order chi connectivity index (χ1) is 8.16. The number of aromatic nitrogens is 2. The maximum absolute atomic E-state index is 5.88. The first-order valence-corrected chi connectivity index (χ1v) is 6.29. The minimum absolute atomic E-state index is 0.409. The van der Waals surface area contributed by atoms with Gasteiger partial charge in [-0.1, -0.05) is 41.4 Å². The van der Waals surface area contributed by atoms with Gasteiger partial charge < -0.3 is 5.32 Å². The molecule has 1 heterocycles. The van der Waals surface area contributed by atoms with E-state index in [0.717, 1.165) is 0 Å². The van der Waals surface area contributed by atoms with Gasteiger partial charge in [-0.3, -0.25) is 0 Å². The van der Waals surface area contributed by atoms with E-state index in [2.05, 4.69) is 62.4 Å². The third kappa shape index (κ3) is 3.17. The molecule has 1 aromatic heterocycles. The molecule has 0 fully saturated rings. The summed E-state index contributed by atoms with van der Waals surface area (Å²) < 4.78 is 0.689. The van der Waals surface area contributed by atoms with E-state index < -0.39 is 0 Å². The van der Waals surface area contributed by atoms with Crippen molar-refractivity contribution in [3.8, 4) is 0 Å². The van der Waals surface area contributed by atoms with E-state index >= 15 is 0 Å². The fourth-order valence-corrected chi connectivity index (χ4v) is 1.84. The Labute approximate surface area is 113 Å². The van der Waals surface area contributed by atoms with Crippen LogP contribution < -0.4 is 5.32 Å². The zero-order valence-electron chi connectivity index (χ0n) is 9.24. The summed E-state index contributed by atoms with van der Waals surface area (Å²) in [6, 6.07) is 8.33. The standard InChI is InChI=1S/C12H11BrClN3/c1-8-2-4-9(5-3-8)6-15-12-10(13)11(14)16-7-17-12/h2-5,7H,6H2,1H3,(H,15,16,17). The van der Waals surface area contributed by atoms with E-state index in [1.54, 1.807) is 0 Å². The molecule has 0 aliphatic heterocycles. The summed E-state index contributed by atoms with van der Waals surface area (Å²) in [5.74, 6) is 0.700. The van der Waals surface area contributed by atoms with E-state index in [4.69, 9.17) is 11.6 Å². The van der Waals surface area contributed by atoms with Crippen LogP contribution in [0.5, 0.6) is 0 Å². The fourth-order valence-electron chi connectivity index (χ4n) is 1.36. The number of hydrogen-bond donors (Lipinski definition) is 1. The molecule has 0 radical (unpaired) electrons. The van der Waals surface area contributed by atoms with Crippen LogP contribution in [0.4, 0.5) is 5.82 Å². The van der Waals surface area contributed by atoms with Crippen LogP contribution in [-0.2, 0) is 6.54 Å². The summed E-state index contributed by atoms with van der Waals surface area (Å²) in [6.45, 7) is 2.77. The maximum Gasteiger partial charge on any atom is 0.148 e. The predicted molar refractivity (Wildman–Crippen MR) is 73.2 cm³/mol. The lowest BCUT2D eigenvalue weighted by Crippen LogP contribution is -2.02. The molecule has 0 spiro atoms. The summed E-state index contributed by atoms with van der Waals surface area (Å²) >= 11 is 9.22. The van der Waals surface area contributed by atoms with Crippen molar-refractivity contribution in [3.05, 3.63) is 51.3 Å². The average Bonchev–Trinajstić information content (AvgIpc) is 2.33. The van der Waals surface area contributed by atoms with Crippen molar-refractivity contribution in [2.75, 3.05) is 5.32 Å². The first kappa shape index (κ1) is 12.3. The smallest absolute Gasteiger partial charge is 0.148 e. The number of hydrogen-bond acceptors (Lipinski definition) is 3. The van der Waals surface area contributed by atoms with Gasteiger partial charge in [-0.2, -0.15) is 0 Å². The number of nitrogens with one attached hydrogen (secondary N) is 1. The minimum atomic E-state index is 0.409. The molecule has 1 aromatic carbocycles. The molecule has 3 nitrogen and oxygen atoms in total. The van der Waals surface area contributed by atoms with Gasteiger partial charge in [0.05, 0.1) is 4.47 Å². The van der Waals surface area contributed by atoms with Gasteiger partial charge in [-0.05, 0) is 28.4 Å². The molecule has 0 saturated carbocycles. The van der Waals surface area contributed by atoms with Gasteiger partial charge in [0.2, 0.25) is 0 Å². The molecule has 0 aliphatic rings. The van der Waals surface area contributed by atoms with Crippen LogP contribution in [0, 0.1) is 6.92 Å². The third-order valence-corrected chi connectivity index (χ3v) is 3.59. The van der Waals surface area contributed by atoms with Crippen LogP contribution in [0.25, 0.3) is 0 Å². The molecule has 17 heavy (non-hydrogen) atoms. The summed E-state index contributed by atoms with van der Waals surface area (Å²) in [4.78, 5) is 7.99. The largest absolute Gasteiger partial charge is 0.365 e. The lowest BCUT2D eigenvalue weighted by Gasteiger charge is -2.08. The Hall–Kier alpha value is -1.13. The summed E-state index contributed by atoms with van der Waals surface area (Å²) in [6.07, 6.45) is 1.44. The van der Waals surface area contributed by atoms with Crippen LogP contribution >= 0.6 is 27.5 Å². The second kappa shape index (κ2) is 5.47. The lowest BCUT2D eigenvalue weighted by atomic mass is 10.1. The second-order valence-corrected chi connectivity index (χ2v) is 4.82. The monoisotopic (exact) mass is 311 g/mol. The Kier molecular flexibility index (Phi) is 3.97. The maximum atomic E-state index is 5.88. The van der Waals surface area contributed by atoms with Crippen molar-refractivity contribution >= 4 is 33.3 Å². The minimum Gasteiger partial charge on any atom is -0.365 e. The van der Waals surface area contributed by atoms with Gasteiger partial charge in [-0.25, -0.2) is 9.97 Å². The van der Waals surface area contributed by atoms with Crippen LogP contribution in [0.2, 0.25) is 5.15 Å². The van der Waals surface area contributed by atoms with E-state index in [9.17, 15) is 0 Å². The highest BCUT2D eigenvalue weighted by atomic mass is 79.9. The Morgan fingerprint density at radius 1 is 1.24 bits per heavy atom. The molecule has 0 bridgehead atoms. The topological polar surface area (TPSA) is 37.8 Å². The zero-order valence-corrected chi connectivity index (χ0v) is 11.6. The molecule has 2 rings (SSSR count). The number of benzene rings is 1. The highest BCUT2D eigenvalue weighted by Gasteiger charge is 2.05. The normalized spacial score (nSPS) is 10.3. The lowest BCUT2D eigenvalue weighted by molar-refractivity contribution is 1.07. The second-order valence-electron chi connectivity index (χ2n) is 3.67. The Morgan fingerprint density at radius 2 is 1.94 bits per heavy atom. The van der Waals surface area contributed by atoms with E-state index in [-0.39, 0.29) is 0 Å². The molecular formula is C12H11BrClN3. The number of nitrogens with zero attached hydrogens (tertiary/aromatic N) is 2. The van der Waals surface area contributed by atoms with Gasteiger partial charge in [0.25, 0.3) is 0 Å². The first-order valence-electron chi connectivity index (χ1n) is 5.12. The van der Waals surface area contributed by atoms with Crippen molar-refractivity contribution in [1.29, 1.82) is 0 Å². The molecule has 1 N–H and O–H groups in total. The summed E-state index contributed by atoms with van der Waals surface area (Å²) in [7, 11) is 0. The van der Waals surface area contributed by atoms with Gasteiger partial charge in [-0.15, -0.1) is 0 Å². The van der Waals surface area contributed by atoms with E-state index in [1.165, 1.54) is 17.5 Å². The van der Waals surface area contributed by atoms with Crippen molar-refractivity contribution in [3.63, 3.8) is 0 Å². The summed E-state index contributed by atoms with van der Waals surface area (Å²) in [5.41, 5.74) is 2.44. The highest BCUT2D eigenvalue weighted by Crippen LogP contribution is 2.26. The number of anilines is 1. The Balaban J connectivity index is 2.07. The van der Waals surface area contributed by atoms with Crippen LogP contribution in [-0.4, -0.2) is 9.97 Å². The molecule has 0 atom stereocenters. The van der Waals surface area contributed by atoms with Gasteiger partial charge in [0, 0.05) is 6.54 Å². The van der Waals surface area contributed by atoms with Crippen molar-refractivity contribution in [1.82, 2.24) is 9.97 Å². The van der Waals surface area contributed by atoms with Crippen molar-refractivity contribution < 1.29 is 0 Å². The molecule has 0 unspecified atom stereocenters. The molecule has 88 valence electrons. The molecule has 2 aromatic rings. The SMILES string of the molecule is Cc1ccc(CNc2ncnc(Cl)c2Br)cc1. The predicted octanol–water partition coefficient (Wildman–Crippen LogP) is 3.81. The van der Waals surface area contributed by atoms with Gasteiger partial charge in [0.1, 0.15) is 17.3 Å².